The van der Waals surface area contributed by atoms with Crippen LogP contribution in [0.15, 0.2) is 0 Å². The minimum absolute atomic E-state index is 0.00583. The largest absolute Gasteiger partial charge is 0.378 e. The third-order valence-electron chi connectivity index (χ3n) is 11.9. The van der Waals surface area contributed by atoms with E-state index in [1.807, 2.05) is 111 Å². The predicted octanol–water partition coefficient (Wildman–Crippen LogP) is 10.1. The molecule has 0 aromatic rings. The van der Waals surface area contributed by atoms with Gasteiger partial charge in [0.15, 0.2) is 0 Å². The van der Waals surface area contributed by atoms with Gasteiger partial charge in [0, 0.05) is 31.5 Å². The van der Waals surface area contributed by atoms with Gasteiger partial charge in [-0.2, -0.15) is 0 Å². The van der Waals surface area contributed by atoms with Gasteiger partial charge in [-0.1, -0.05) is 27.7 Å². The molecule has 71 heavy (non-hydrogen) atoms. The molecule has 0 aliphatic carbocycles. The summed E-state index contributed by atoms with van der Waals surface area (Å²) in [5, 5.41) is 0. The Balaban J connectivity index is 0.000000475. The molecule has 4 fully saturated rings. The minimum atomic E-state index is -0.980. The molecule has 4 aliphatic heterocycles. The minimum Gasteiger partial charge on any atom is -0.378 e. The normalized spacial score (nSPS) is 32.6. The number of hydrogen-bond donors (Lipinski definition) is 0. The van der Waals surface area contributed by atoms with Gasteiger partial charge in [-0.25, -0.2) is 8.78 Å². The monoisotopic (exact) mass is 1030 g/mol. The van der Waals surface area contributed by atoms with E-state index in [-0.39, 0.29) is 122 Å². The van der Waals surface area contributed by atoms with Crippen LogP contribution in [0.5, 0.6) is 0 Å². The van der Waals surface area contributed by atoms with Crippen LogP contribution >= 0.6 is 0 Å². The maximum absolute atomic E-state index is 14.1. The Morgan fingerprint density at radius 2 is 0.775 bits per heavy atom. The van der Waals surface area contributed by atoms with Crippen molar-refractivity contribution in [3.05, 3.63) is 0 Å². The van der Waals surface area contributed by atoms with Crippen LogP contribution in [0.4, 0.5) is 8.78 Å². The molecule has 0 bridgehead atoms. The quantitative estimate of drug-likeness (QED) is 0.0910. The molecule has 0 radical (unpaired) electrons. The molecule has 4 saturated heterocycles. The average molecular weight is 1030 g/mol. The predicted molar refractivity (Wildman–Crippen MR) is 276 cm³/mol. The highest BCUT2D eigenvalue weighted by atomic mass is 19.1. The molecule has 15 atom stereocenters. The zero-order valence-corrected chi connectivity index (χ0v) is 48.5. The van der Waals surface area contributed by atoms with E-state index in [1.54, 1.807) is 7.11 Å². The molecular weight excluding hydrogens is 923 g/mol. The summed E-state index contributed by atoms with van der Waals surface area (Å²) < 4.78 is 107. The van der Waals surface area contributed by atoms with Crippen molar-refractivity contribution in [3.8, 4) is 0 Å². The van der Waals surface area contributed by atoms with E-state index >= 15 is 0 Å². The lowest BCUT2D eigenvalue weighted by molar-refractivity contribution is -0.221. The van der Waals surface area contributed by atoms with Crippen molar-refractivity contribution < 1.29 is 75.1 Å². The van der Waals surface area contributed by atoms with Crippen molar-refractivity contribution in [2.45, 2.75) is 261 Å². The maximum atomic E-state index is 14.1. The zero-order valence-electron chi connectivity index (χ0n) is 48.5. The highest BCUT2D eigenvalue weighted by molar-refractivity contribution is 4.90. The summed E-state index contributed by atoms with van der Waals surface area (Å²) in [4.78, 5) is 0. The van der Waals surface area contributed by atoms with Crippen LogP contribution in [-0.4, -0.2) is 189 Å². The Bertz CT molecular complexity index is 1280. The maximum Gasteiger partial charge on any atom is 0.134 e. The molecule has 0 unspecified atom stereocenters. The van der Waals surface area contributed by atoms with Crippen molar-refractivity contribution in [3.63, 3.8) is 0 Å². The van der Waals surface area contributed by atoms with E-state index < -0.39 is 19.0 Å². The first-order valence-electron chi connectivity index (χ1n) is 27.2. The Kier molecular flexibility index (Phi) is 35.7. The second-order valence-corrected chi connectivity index (χ2v) is 22.1. The van der Waals surface area contributed by atoms with E-state index in [2.05, 4.69) is 27.7 Å². The lowest BCUT2D eigenvalue weighted by Crippen LogP contribution is -2.54. The number of halogens is 2. The fourth-order valence-electron chi connectivity index (χ4n) is 8.47. The topological polar surface area (TPSA) is 129 Å². The summed E-state index contributed by atoms with van der Waals surface area (Å²) in [7, 11) is 1.74. The Morgan fingerprint density at radius 3 is 1.17 bits per heavy atom. The fraction of sp³-hybridized carbons (Fsp3) is 1.00. The van der Waals surface area contributed by atoms with E-state index in [0.717, 1.165) is 13.0 Å². The van der Waals surface area contributed by atoms with Crippen LogP contribution < -0.4 is 0 Å². The van der Waals surface area contributed by atoms with Gasteiger partial charge in [0.2, 0.25) is 0 Å². The molecule has 14 nitrogen and oxygen atoms in total. The fourth-order valence-corrected chi connectivity index (χ4v) is 8.47. The highest BCUT2D eigenvalue weighted by Crippen LogP contribution is 2.30. The van der Waals surface area contributed by atoms with E-state index in [9.17, 15) is 8.78 Å². The first kappa shape index (κ1) is 68.3. The van der Waals surface area contributed by atoms with Crippen molar-refractivity contribution >= 4 is 0 Å². The molecule has 426 valence electrons. The number of alkyl halides is 2. The molecule has 4 heterocycles. The van der Waals surface area contributed by atoms with Crippen LogP contribution in [0.3, 0.4) is 0 Å². The molecule has 0 N–H and O–H groups in total. The first-order valence-corrected chi connectivity index (χ1v) is 27.2. The van der Waals surface area contributed by atoms with Crippen molar-refractivity contribution in [1.29, 1.82) is 0 Å². The molecule has 4 rings (SSSR count). The van der Waals surface area contributed by atoms with Crippen molar-refractivity contribution in [1.82, 2.24) is 0 Å². The van der Waals surface area contributed by atoms with Crippen molar-refractivity contribution in [2.24, 2.45) is 23.7 Å². The van der Waals surface area contributed by atoms with E-state index in [1.165, 1.54) is 0 Å². The number of methoxy groups -OCH3 is 1. The van der Waals surface area contributed by atoms with Crippen LogP contribution in [0.1, 0.15) is 145 Å². The van der Waals surface area contributed by atoms with E-state index in [0.29, 0.717) is 58.1 Å². The Labute approximate surface area is 431 Å². The number of rotatable bonds is 24. The van der Waals surface area contributed by atoms with Gasteiger partial charge >= 0.3 is 0 Å². The molecule has 4 aliphatic rings. The smallest absolute Gasteiger partial charge is 0.134 e. The third-order valence-corrected chi connectivity index (χ3v) is 11.9. The van der Waals surface area contributed by atoms with Gasteiger partial charge in [0.05, 0.1) is 120 Å². The molecule has 0 spiro atoms. The lowest BCUT2D eigenvalue weighted by atomic mass is 9.93. The average Bonchev–Trinajstić information content (AvgIpc) is 3.26. The van der Waals surface area contributed by atoms with E-state index in [4.69, 9.17) is 66.3 Å². The van der Waals surface area contributed by atoms with Gasteiger partial charge in [-0.15, -0.1) is 0 Å². The zero-order chi connectivity index (χ0) is 54.0. The first-order chi connectivity index (χ1) is 33.3. The van der Waals surface area contributed by atoms with Crippen LogP contribution in [0.25, 0.3) is 0 Å². The number of ether oxygens (including phenoxy) is 14. The SMILES string of the molecule is CC(C)OC[C@H]1OC[C@@H](C)C[C@@H]1OC(C)C.CC(C)OC[C@H]1OC[C@@H](C)[C@H](F)[C@@H]1OC(C)C.CC(C)OC[C@H]1OC[C@@H](C)[C@H](OCCF)[C@@H]1OC(C)C.CO[C@@H]1[C@H](OC(C)C)[C@@H](COC(C)C)OC[C@H]1C. The summed E-state index contributed by atoms with van der Waals surface area (Å²) in [5.41, 5.74) is 0. The second-order valence-electron chi connectivity index (χ2n) is 22.1. The van der Waals surface area contributed by atoms with Gasteiger partial charge in [-0.05, 0) is 123 Å². The summed E-state index contributed by atoms with van der Waals surface area (Å²) in [6.07, 6.45) is 0.172. The number of hydrogen-bond acceptors (Lipinski definition) is 14. The summed E-state index contributed by atoms with van der Waals surface area (Å²) >= 11 is 0. The standard InChI is InChI=1S/C15H29FO4.C14H28O4.C13H25FO3.C13H26O3/c1-10(2)18-9-13-15(20-11(3)4)14(17-7-6-16)12(5)8-19-13;1-9(2)16-8-12-14(18-10(3)4)13(15-6)11(5)7-17-12;1-8(2)15-7-11-13(17-9(3)4)12(14)10(5)6-16-11;1-9(2)14-8-13-12(16-10(3)4)6-11(5)7-15-13/h10-15H,6-9H2,1-5H3;9-14H,7-8H2,1-6H3;8-13H,6-7H2,1-5H3;9-13H,6-8H2,1-5H3/t12-,13-,14+,15-;11-,12-,13+,14-;10-,11-,12+,13-;11-,12-,13+/m1110/s1. The highest BCUT2D eigenvalue weighted by Gasteiger charge is 2.43. The Hall–Kier alpha value is -0.700. The Morgan fingerprint density at radius 1 is 0.423 bits per heavy atom. The third kappa shape index (κ3) is 28.3. The summed E-state index contributed by atoms with van der Waals surface area (Å²) in [6, 6.07) is 0. The van der Waals surface area contributed by atoms with Crippen LogP contribution in [-0.2, 0) is 66.3 Å². The van der Waals surface area contributed by atoms with Crippen molar-refractivity contribution in [2.75, 3.05) is 73.2 Å². The van der Waals surface area contributed by atoms with Crippen LogP contribution in [0, 0.1) is 23.7 Å². The lowest BCUT2D eigenvalue weighted by Gasteiger charge is -2.42. The second kappa shape index (κ2) is 37.1. The van der Waals surface area contributed by atoms with Gasteiger partial charge in [-0.3, -0.25) is 0 Å². The van der Waals surface area contributed by atoms with Crippen LogP contribution in [0.2, 0.25) is 0 Å². The van der Waals surface area contributed by atoms with Gasteiger partial charge < -0.3 is 66.3 Å². The molecule has 0 aromatic heterocycles. The molecule has 0 aromatic carbocycles. The molecule has 0 amide bonds. The summed E-state index contributed by atoms with van der Waals surface area (Å²) in [6.45, 7) is 44.4. The molecule has 0 saturated carbocycles. The molecule has 16 heteroatoms. The summed E-state index contributed by atoms with van der Waals surface area (Å²) in [5.74, 6) is 0.989. The van der Waals surface area contributed by atoms with Gasteiger partial charge in [0.25, 0.3) is 0 Å². The van der Waals surface area contributed by atoms with Gasteiger partial charge in [0.1, 0.15) is 55.6 Å². The molecular formula is C55H108F2O14.